The fourth-order valence-corrected chi connectivity index (χ4v) is 4.10. The highest BCUT2D eigenvalue weighted by Gasteiger charge is 2.52. The molecule has 0 aliphatic carbocycles. The molecular weight excluding hydrogens is 435 g/mol. The number of ether oxygens (including phenoxy) is 1. The van der Waals surface area contributed by atoms with E-state index < -0.39 is 23.2 Å². The van der Waals surface area contributed by atoms with E-state index in [0.717, 1.165) is 17.7 Å². The maximum Gasteiger partial charge on any atom is 0.416 e. The summed E-state index contributed by atoms with van der Waals surface area (Å²) in [5.74, 6) is 0.0188. The smallest absolute Gasteiger partial charge is 0.416 e. The molecule has 0 saturated heterocycles. The van der Waals surface area contributed by atoms with Crippen LogP contribution in [0.25, 0.3) is 6.20 Å². The van der Waals surface area contributed by atoms with Crippen LogP contribution in [0.4, 0.5) is 19.0 Å². The van der Waals surface area contributed by atoms with Crippen LogP contribution in [-0.4, -0.2) is 28.1 Å². The van der Waals surface area contributed by atoms with Crippen LogP contribution in [0.15, 0.2) is 71.9 Å². The summed E-state index contributed by atoms with van der Waals surface area (Å²) in [6.45, 7) is 0.477. The first kappa shape index (κ1) is 20.8. The van der Waals surface area contributed by atoms with Gasteiger partial charge in [0.05, 0.1) is 18.3 Å². The predicted molar refractivity (Wildman–Crippen MR) is 115 cm³/mol. The standard InChI is InChI=1S/C23H18F3N5O2/c24-23(25,26)17-7-4-6-16(12-17)22(20(27)32,33-18-8-2-1-3-9-18)21-28-13-15-14-29-31-11-5-10-30(21)19(15)31/h1-9,11-12,14H,10,13H2,(H2,27,32). The van der Waals surface area contributed by atoms with E-state index >= 15 is 0 Å². The van der Waals surface area contributed by atoms with E-state index in [1.165, 1.54) is 12.1 Å². The second-order valence-electron chi connectivity index (χ2n) is 7.61. The fourth-order valence-electron chi connectivity index (χ4n) is 4.10. The van der Waals surface area contributed by atoms with Crippen molar-refractivity contribution in [2.75, 3.05) is 11.4 Å². The Balaban J connectivity index is 1.74. The Hall–Kier alpha value is -4.08. The first-order valence-electron chi connectivity index (χ1n) is 10.1. The van der Waals surface area contributed by atoms with E-state index in [2.05, 4.69) is 10.1 Å². The maximum atomic E-state index is 13.6. The van der Waals surface area contributed by atoms with Crippen molar-refractivity contribution in [1.29, 1.82) is 0 Å². The second-order valence-corrected chi connectivity index (χ2v) is 7.61. The third-order valence-corrected chi connectivity index (χ3v) is 5.56. The third kappa shape index (κ3) is 3.34. The zero-order chi connectivity index (χ0) is 23.2. The number of primary amides is 1. The molecule has 2 aliphatic heterocycles. The average molecular weight is 453 g/mol. The number of carbonyl (C=O) groups excluding carboxylic acids is 1. The minimum atomic E-state index is -4.62. The lowest BCUT2D eigenvalue weighted by atomic mass is 9.88. The maximum absolute atomic E-state index is 13.6. The number of amides is 1. The topological polar surface area (TPSA) is 85.7 Å². The molecule has 5 rings (SSSR count). The van der Waals surface area contributed by atoms with Crippen molar-refractivity contribution < 1.29 is 22.7 Å². The average Bonchev–Trinajstić information content (AvgIpc) is 3.23. The van der Waals surface area contributed by atoms with Gasteiger partial charge < -0.3 is 15.4 Å². The van der Waals surface area contributed by atoms with Gasteiger partial charge in [-0.05, 0) is 30.3 Å². The number of amidine groups is 1. The molecule has 1 aromatic heterocycles. The number of nitrogens with two attached hydrogens (primary N) is 1. The van der Waals surface area contributed by atoms with Gasteiger partial charge in [-0.1, -0.05) is 30.3 Å². The van der Waals surface area contributed by atoms with E-state index in [-0.39, 0.29) is 23.7 Å². The molecule has 1 unspecified atom stereocenters. The highest BCUT2D eigenvalue weighted by molar-refractivity contribution is 6.18. The Labute approximate surface area is 186 Å². The van der Waals surface area contributed by atoms with Gasteiger partial charge in [-0.2, -0.15) is 18.3 Å². The Morgan fingerprint density at radius 1 is 1.06 bits per heavy atom. The predicted octanol–water partition coefficient (Wildman–Crippen LogP) is 3.56. The molecule has 0 spiro atoms. The number of para-hydroxylation sites is 1. The molecule has 10 heteroatoms. The first-order chi connectivity index (χ1) is 15.8. The molecule has 3 heterocycles. The summed E-state index contributed by atoms with van der Waals surface area (Å²) in [6, 6.07) is 12.7. The van der Waals surface area contributed by atoms with Gasteiger partial charge in [0.2, 0.25) is 0 Å². The van der Waals surface area contributed by atoms with Gasteiger partial charge in [0.1, 0.15) is 11.6 Å². The summed E-state index contributed by atoms with van der Waals surface area (Å²) in [5, 5.41) is 4.29. The number of nitrogens with zero attached hydrogens (tertiary/aromatic N) is 4. The van der Waals surface area contributed by atoms with E-state index in [1.54, 1.807) is 58.4 Å². The van der Waals surface area contributed by atoms with Crippen molar-refractivity contribution in [3.8, 4) is 5.75 Å². The molecule has 7 nitrogen and oxygen atoms in total. The van der Waals surface area contributed by atoms with Crippen LogP contribution in [0.1, 0.15) is 16.7 Å². The van der Waals surface area contributed by atoms with Crippen molar-refractivity contribution in [2.45, 2.75) is 18.3 Å². The summed E-state index contributed by atoms with van der Waals surface area (Å²) in [5.41, 5.74) is 3.60. The van der Waals surface area contributed by atoms with Gasteiger partial charge in [0.15, 0.2) is 5.84 Å². The molecule has 33 heavy (non-hydrogen) atoms. The largest absolute Gasteiger partial charge is 0.465 e. The highest BCUT2D eigenvalue weighted by Crippen LogP contribution is 2.40. The quantitative estimate of drug-likeness (QED) is 0.640. The molecule has 1 amide bonds. The van der Waals surface area contributed by atoms with Gasteiger partial charge >= 0.3 is 6.18 Å². The zero-order valence-electron chi connectivity index (χ0n) is 17.2. The highest BCUT2D eigenvalue weighted by atomic mass is 19.4. The number of anilines is 1. The minimum absolute atomic E-state index is 0.0727. The van der Waals surface area contributed by atoms with Crippen LogP contribution in [-0.2, 0) is 23.1 Å². The zero-order valence-corrected chi connectivity index (χ0v) is 17.2. The minimum Gasteiger partial charge on any atom is -0.465 e. The SMILES string of the molecule is NC(=O)C(Oc1ccccc1)(C1=NCc2cnn3c2N1CC=C3)c1cccc(C(F)(F)F)c1. The third-order valence-electron chi connectivity index (χ3n) is 5.56. The number of hydrogen-bond donors (Lipinski definition) is 1. The summed E-state index contributed by atoms with van der Waals surface area (Å²) in [4.78, 5) is 19.4. The van der Waals surface area contributed by atoms with Crippen LogP contribution < -0.4 is 15.4 Å². The molecule has 0 saturated carbocycles. The lowest BCUT2D eigenvalue weighted by molar-refractivity contribution is -0.138. The van der Waals surface area contributed by atoms with E-state index in [0.29, 0.717) is 12.4 Å². The summed E-state index contributed by atoms with van der Waals surface area (Å²) in [7, 11) is 0. The van der Waals surface area contributed by atoms with Crippen molar-refractivity contribution in [3.05, 3.63) is 83.6 Å². The van der Waals surface area contributed by atoms with Gasteiger partial charge in [-0.15, -0.1) is 0 Å². The lowest BCUT2D eigenvalue weighted by Crippen LogP contribution is -2.60. The van der Waals surface area contributed by atoms with Crippen LogP contribution in [0.5, 0.6) is 5.75 Å². The molecule has 2 N–H and O–H groups in total. The van der Waals surface area contributed by atoms with Crippen LogP contribution in [0.2, 0.25) is 0 Å². The number of benzene rings is 2. The van der Waals surface area contributed by atoms with Crippen LogP contribution in [0, 0.1) is 0 Å². The van der Waals surface area contributed by atoms with Crippen molar-refractivity contribution in [1.82, 2.24) is 9.78 Å². The van der Waals surface area contributed by atoms with Crippen LogP contribution >= 0.6 is 0 Å². The molecule has 0 fully saturated rings. The Morgan fingerprint density at radius 2 is 1.82 bits per heavy atom. The van der Waals surface area contributed by atoms with Crippen molar-refractivity contribution in [2.24, 2.45) is 10.7 Å². The fraction of sp³-hybridized carbons (Fsp3) is 0.174. The van der Waals surface area contributed by atoms with E-state index in [1.807, 2.05) is 0 Å². The van der Waals surface area contributed by atoms with Gasteiger partial charge in [0.25, 0.3) is 11.5 Å². The number of alkyl halides is 3. The van der Waals surface area contributed by atoms with Gasteiger partial charge in [0, 0.05) is 23.9 Å². The summed E-state index contributed by atoms with van der Waals surface area (Å²) in [6.07, 6.45) is 0.601. The number of aromatic nitrogens is 2. The van der Waals surface area contributed by atoms with Crippen LogP contribution in [0.3, 0.4) is 0 Å². The Kier molecular flexibility index (Phi) is 4.73. The lowest BCUT2D eigenvalue weighted by Gasteiger charge is -2.41. The second kappa shape index (κ2) is 7.51. The van der Waals surface area contributed by atoms with E-state index in [4.69, 9.17) is 10.5 Å². The Bertz CT molecular complexity index is 1280. The van der Waals surface area contributed by atoms with E-state index in [9.17, 15) is 18.0 Å². The molecule has 1 atom stereocenters. The summed E-state index contributed by atoms with van der Waals surface area (Å²) < 4.78 is 48.5. The molecule has 168 valence electrons. The number of carbonyl (C=O) groups is 1. The monoisotopic (exact) mass is 453 g/mol. The van der Waals surface area contributed by atoms with Gasteiger partial charge in [-0.25, -0.2) is 4.68 Å². The number of hydrogen-bond acceptors (Lipinski definition) is 5. The molecule has 2 aliphatic rings. The number of halogens is 3. The van der Waals surface area contributed by atoms with Crippen molar-refractivity contribution in [3.63, 3.8) is 0 Å². The first-order valence-corrected chi connectivity index (χ1v) is 10.1. The molecular formula is C23H18F3N5O2. The molecule has 3 aromatic rings. The molecule has 2 aromatic carbocycles. The number of aliphatic imine (C=N–C) groups is 1. The summed E-state index contributed by atoms with van der Waals surface area (Å²) >= 11 is 0. The normalized spacial score (nSPS) is 16.6. The Morgan fingerprint density at radius 3 is 2.55 bits per heavy atom. The number of rotatable bonds is 5. The van der Waals surface area contributed by atoms with Crippen molar-refractivity contribution >= 4 is 23.8 Å². The molecule has 0 radical (unpaired) electrons. The molecule has 0 bridgehead atoms. The van der Waals surface area contributed by atoms with Gasteiger partial charge in [-0.3, -0.25) is 9.79 Å².